The molecule has 2 rings (SSSR count). The van der Waals surface area contributed by atoms with Crippen molar-refractivity contribution >= 4 is 11.8 Å². The fourth-order valence-corrected chi connectivity index (χ4v) is 4.13. The maximum atomic E-state index is 12.5. The van der Waals surface area contributed by atoms with Crippen molar-refractivity contribution in [2.24, 2.45) is 5.41 Å². The van der Waals surface area contributed by atoms with Gasteiger partial charge in [-0.05, 0) is 58.5 Å². The third-order valence-electron chi connectivity index (χ3n) is 6.51. The van der Waals surface area contributed by atoms with Gasteiger partial charge in [-0.15, -0.1) is 0 Å². The number of amides is 1. The van der Waals surface area contributed by atoms with Gasteiger partial charge in [-0.3, -0.25) is 9.80 Å². The monoisotopic (exact) mass is 522 g/mol. The lowest BCUT2D eigenvalue weighted by Crippen LogP contribution is -2.50. The van der Waals surface area contributed by atoms with Crippen molar-refractivity contribution in [3.8, 4) is 0 Å². The number of likely N-dealkylation sites (N-methyl/N-ethyl adjacent to an activating group) is 1. The molecule has 1 aromatic carbocycles. The summed E-state index contributed by atoms with van der Waals surface area (Å²) in [5.74, 6) is 1.49. The molecule has 6 heteroatoms. The molecule has 1 saturated heterocycles. The van der Waals surface area contributed by atoms with Crippen LogP contribution in [0.2, 0.25) is 0 Å². The molecule has 6 nitrogen and oxygen atoms in total. The van der Waals surface area contributed by atoms with Crippen LogP contribution in [0.4, 0.5) is 10.5 Å². The molecule has 0 bridgehead atoms. The third-order valence-corrected chi connectivity index (χ3v) is 6.51. The fraction of sp³-hybridized carbons (Fsp3) is 0.469. The highest BCUT2D eigenvalue weighted by atomic mass is 16.6. The van der Waals surface area contributed by atoms with Gasteiger partial charge < -0.3 is 14.2 Å². The number of anilines is 1. The molecular weight excluding hydrogens is 476 g/mol. The number of allylic oxidation sites excluding steroid dienone is 4. The number of cyclic esters (lactones) is 1. The van der Waals surface area contributed by atoms with E-state index in [4.69, 9.17) is 14.2 Å². The first-order chi connectivity index (χ1) is 18.2. The molecule has 208 valence electrons. The van der Waals surface area contributed by atoms with Gasteiger partial charge in [0.25, 0.3) is 0 Å². The van der Waals surface area contributed by atoms with E-state index in [1.807, 2.05) is 69.3 Å². The topological polar surface area (TPSA) is 51.2 Å². The zero-order chi connectivity index (χ0) is 28.0. The Hall–Kier alpha value is -3.25. The smallest absolute Gasteiger partial charge is 0.414 e. The molecule has 0 saturated carbocycles. The Balaban J connectivity index is 1.91. The predicted octanol–water partition coefficient (Wildman–Crippen LogP) is 7.20. The van der Waals surface area contributed by atoms with Gasteiger partial charge in [0.05, 0.1) is 19.0 Å². The number of aryl methyl sites for hydroxylation is 1. The van der Waals surface area contributed by atoms with Gasteiger partial charge in [0.1, 0.15) is 12.4 Å². The number of carbonyl (C=O) groups excluding carboxylic acids is 1. The molecule has 1 atom stereocenters. The van der Waals surface area contributed by atoms with Crippen LogP contribution >= 0.6 is 0 Å². The molecular formula is C32H46N2O4. The lowest BCUT2D eigenvalue weighted by Gasteiger charge is -2.40. The van der Waals surface area contributed by atoms with Gasteiger partial charge >= 0.3 is 6.09 Å². The first kappa shape index (κ1) is 31.0. The Kier molecular flexibility index (Phi) is 12.9. The first-order valence-electron chi connectivity index (χ1n) is 13.6. The van der Waals surface area contributed by atoms with E-state index in [0.717, 1.165) is 48.8 Å². The van der Waals surface area contributed by atoms with E-state index in [9.17, 15) is 4.79 Å². The summed E-state index contributed by atoms with van der Waals surface area (Å²) in [5, 5.41) is 0. The first-order valence-corrected chi connectivity index (χ1v) is 13.6. The van der Waals surface area contributed by atoms with E-state index in [1.54, 1.807) is 4.90 Å². The average molecular weight is 523 g/mol. The Morgan fingerprint density at radius 1 is 1.13 bits per heavy atom. The zero-order valence-electron chi connectivity index (χ0n) is 24.0. The minimum Gasteiger partial charge on any atom is -0.499 e. The number of nitrogens with zero attached hydrogens (tertiary/aromatic N) is 2. The van der Waals surface area contributed by atoms with Crippen molar-refractivity contribution in [2.75, 3.05) is 50.9 Å². The maximum Gasteiger partial charge on any atom is 0.414 e. The summed E-state index contributed by atoms with van der Waals surface area (Å²) in [7, 11) is 0. The van der Waals surface area contributed by atoms with E-state index >= 15 is 0 Å². The molecule has 1 aliphatic rings. The van der Waals surface area contributed by atoms with Crippen molar-refractivity contribution < 1.29 is 19.0 Å². The molecule has 1 unspecified atom stereocenters. The highest BCUT2D eigenvalue weighted by Crippen LogP contribution is 2.31. The predicted molar refractivity (Wildman–Crippen MR) is 157 cm³/mol. The highest BCUT2D eigenvalue weighted by molar-refractivity contribution is 5.88. The molecule has 0 N–H and O–H groups in total. The van der Waals surface area contributed by atoms with Gasteiger partial charge in [0.15, 0.2) is 0 Å². The summed E-state index contributed by atoms with van der Waals surface area (Å²) < 4.78 is 16.8. The largest absolute Gasteiger partial charge is 0.499 e. The second kappa shape index (κ2) is 15.9. The lowest BCUT2D eigenvalue weighted by atomic mass is 9.85. The highest BCUT2D eigenvalue weighted by Gasteiger charge is 2.37. The van der Waals surface area contributed by atoms with Crippen LogP contribution in [0.25, 0.3) is 0 Å². The normalized spacial score (nSPS) is 18.3. The summed E-state index contributed by atoms with van der Waals surface area (Å²) in [6, 6.07) is 8.01. The summed E-state index contributed by atoms with van der Waals surface area (Å²) >= 11 is 0. The third kappa shape index (κ3) is 10.3. The molecule has 0 radical (unpaired) electrons. The minimum absolute atomic E-state index is 0.121. The van der Waals surface area contributed by atoms with E-state index in [2.05, 4.69) is 38.0 Å². The van der Waals surface area contributed by atoms with Gasteiger partial charge in [0.2, 0.25) is 0 Å². The van der Waals surface area contributed by atoms with Gasteiger partial charge in [-0.2, -0.15) is 0 Å². The van der Waals surface area contributed by atoms with Gasteiger partial charge in [-0.1, -0.05) is 69.0 Å². The van der Waals surface area contributed by atoms with Gasteiger partial charge in [0, 0.05) is 36.2 Å². The van der Waals surface area contributed by atoms with Crippen LogP contribution in [0, 0.1) is 12.3 Å². The molecule has 38 heavy (non-hydrogen) atoms. The Morgan fingerprint density at radius 2 is 1.84 bits per heavy atom. The second-order valence-corrected chi connectivity index (χ2v) is 9.93. The van der Waals surface area contributed by atoms with Crippen LogP contribution in [0.1, 0.15) is 46.1 Å². The molecule has 1 aromatic rings. The van der Waals surface area contributed by atoms with Crippen molar-refractivity contribution in [1.29, 1.82) is 0 Å². The SMILES string of the molecule is C=C(C/C=C\C=C(\OCC)C(=C)/C=C/CN(CC)CCC1(C)COC(=O)N(c2ccc(C)cc2)C1)OCC. The lowest BCUT2D eigenvalue weighted by molar-refractivity contribution is 0.0620. The number of ether oxygens (including phenoxy) is 3. The second-order valence-electron chi connectivity index (χ2n) is 9.93. The molecule has 0 aliphatic carbocycles. The molecule has 0 spiro atoms. The van der Waals surface area contributed by atoms with Gasteiger partial charge in [-0.25, -0.2) is 4.79 Å². The van der Waals surface area contributed by atoms with E-state index in [0.29, 0.717) is 32.8 Å². The Labute approximate surface area is 229 Å². The average Bonchev–Trinajstić information content (AvgIpc) is 2.90. The van der Waals surface area contributed by atoms with Crippen molar-refractivity contribution in [1.82, 2.24) is 4.90 Å². The number of rotatable bonds is 16. The fourth-order valence-electron chi connectivity index (χ4n) is 4.13. The van der Waals surface area contributed by atoms with Crippen molar-refractivity contribution in [2.45, 2.75) is 47.5 Å². The quantitative estimate of drug-likeness (QED) is 0.170. The summed E-state index contributed by atoms with van der Waals surface area (Å²) in [6.07, 6.45) is 11.3. The van der Waals surface area contributed by atoms with Crippen molar-refractivity contribution in [3.05, 3.63) is 90.5 Å². The number of benzene rings is 1. The van der Waals surface area contributed by atoms with Crippen LogP contribution in [0.15, 0.2) is 84.9 Å². The molecule has 1 amide bonds. The maximum absolute atomic E-state index is 12.5. The van der Waals surface area contributed by atoms with E-state index in [1.165, 1.54) is 5.56 Å². The summed E-state index contributed by atoms with van der Waals surface area (Å²) in [6.45, 7) is 23.3. The number of hydrogen-bond acceptors (Lipinski definition) is 5. The molecule has 1 heterocycles. The van der Waals surface area contributed by atoms with E-state index in [-0.39, 0.29) is 11.5 Å². The van der Waals surface area contributed by atoms with E-state index < -0.39 is 0 Å². The standard InChI is InChI=1S/C32H46N2O4/c1-8-33(22-13-14-27(5)30(37-10-3)16-12-11-15-28(6)36-9-2)23-21-32(7)24-34(31(35)38-25-32)29-19-17-26(4)18-20-29/h11-14,16-20H,5-6,8-10,15,21-25H2,1-4,7H3/b12-11-,14-13+,30-16+. The number of hydrogen-bond donors (Lipinski definition) is 0. The van der Waals surface area contributed by atoms with Crippen LogP contribution < -0.4 is 4.90 Å². The molecule has 1 fully saturated rings. The zero-order valence-corrected chi connectivity index (χ0v) is 24.0. The summed E-state index contributed by atoms with van der Waals surface area (Å²) in [4.78, 5) is 16.6. The number of carbonyl (C=O) groups is 1. The van der Waals surface area contributed by atoms with Crippen molar-refractivity contribution in [3.63, 3.8) is 0 Å². The molecule has 1 aliphatic heterocycles. The summed E-state index contributed by atoms with van der Waals surface area (Å²) in [5.41, 5.74) is 2.76. The van der Waals surface area contributed by atoms with Crippen LogP contribution in [0.5, 0.6) is 0 Å². The van der Waals surface area contributed by atoms with Crippen LogP contribution in [-0.2, 0) is 14.2 Å². The van der Waals surface area contributed by atoms with Crippen LogP contribution in [-0.4, -0.2) is 57.0 Å². The molecule has 0 aromatic heterocycles. The minimum atomic E-state index is -0.271. The Morgan fingerprint density at radius 3 is 2.50 bits per heavy atom. The Bertz CT molecular complexity index is 1010. The van der Waals surface area contributed by atoms with Crippen LogP contribution in [0.3, 0.4) is 0 Å².